The minimum Gasteiger partial charge on any atom is -0.465 e. The molecule has 1 N–H and O–H groups in total. The van der Waals surface area contributed by atoms with Gasteiger partial charge < -0.3 is 10.1 Å². The van der Waals surface area contributed by atoms with Crippen molar-refractivity contribution in [3.63, 3.8) is 0 Å². The van der Waals surface area contributed by atoms with Gasteiger partial charge in [-0.25, -0.2) is 0 Å². The van der Waals surface area contributed by atoms with Crippen LogP contribution in [0.5, 0.6) is 0 Å². The molecule has 1 fully saturated rings. The van der Waals surface area contributed by atoms with Crippen LogP contribution < -0.4 is 5.32 Å². The van der Waals surface area contributed by atoms with Gasteiger partial charge in [0.1, 0.15) is 5.54 Å². The molecule has 0 aliphatic heterocycles. The number of carbonyl (C=O) groups excluding carboxylic acids is 1. The first kappa shape index (κ1) is 17.8. The molecular formula is C15H28N4O2. The molecule has 21 heavy (non-hydrogen) atoms. The van der Waals surface area contributed by atoms with Crippen molar-refractivity contribution < 1.29 is 9.53 Å². The maximum atomic E-state index is 12.4. The molecule has 1 aliphatic carbocycles. The van der Waals surface area contributed by atoms with E-state index in [2.05, 4.69) is 36.1 Å². The fourth-order valence-electron chi connectivity index (χ4n) is 3.09. The van der Waals surface area contributed by atoms with Crippen LogP contribution in [0.1, 0.15) is 53.4 Å². The van der Waals surface area contributed by atoms with Crippen LogP contribution in [0.2, 0.25) is 0 Å². The molecule has 0 aromatic heterocycles. The molecule has 0 saturated heterocycles. The van der Waals surface area contributed by atoms with Crippen LogP contribution in [0.4, 0.5) is 0 Å². The Labute approximate surface area is 127 Å². The molecule has 1 saturated carbocycles. The topological polar surface area (TPSA) is 87.1 Å². The molecular weight excluding hydrogens is 268 g/mol. The first-order valence-corrected chi connectivity index (χ1v) is 7.79. The van der Waals surface area contributed by atoms with Crippen molar-refractivity contribution in [1.29, 1.82) is 0 Å². The molecule has 0 aromatic rings. The lowest BCUT2D eigenvalue weighted by atomic mass is 9.67. The van der Waals surface area contributed by atoms with E-state index in [1.807, 2.05) is 6.92 Å². The second-order valence-electron chi connectivity index (χ2n) is 6.82. The lowest BCUT2D eigenvalue weighted by Crippen LogP contribution is -2.56. The SMILES string of the molecule is CCOC(=O)C1(NCCN=[N+]=[N-])CCC(C(C)(C)C)CC1. The Hall–Kier alpha value is -1.26. The third-order valence-electron chi connectivity index (χ3n) is 4.47. The van der Waals surface area contributed by atoms with Gasteiger partial charge in [0.2, 0.25) is 0 Å². The van der Waals surface area contributed by atoms with Gasteiger partial charge in [0, 0.05) is 18.0 Å². The highest BCUT2D eigenvalue weighted by molar-refractivity contribution is 5.81. The van der Waals surface area contributed by atoms with Gasteiger partial charge in [-0.05, 0) is 49.5 Å². The van der Waals surface area contributed by atoms with Gasteiger partial charge in [-0.1, -0.05) is 25.9 Å². The molecule has 0 spiro atoms. The number of rotatable bonds is 6. The molecule has 1 rings (SSSR count). The van der Waals surface area contributed by atoms with E-state index >= 15 is 0 Å². The quantitative estimate of drug-likeness (QED) is 0.268. The van der Waals surface area contributed by atoms with Gasteiger partial charge in [0.15, 0.2) is 0 Å². The third kappa shape index (κ3) is 4.90. The van der Waals surface area contributed by atoms with E-state index in [1.54, 1.807) is 0 Å². The maximum Gasteiger partial charge on any atom is 0.326 e. The summed E-state index contributed by atoms with van der Waals surface area (Å²) in [5.74, 6) is 0.456. The van der Waals surface area contributed by atoms with Crippen LogP contribution in [-0.4, -0.2) is 31.2 Å². The molecule has 1 aliphatic rings. The number of hydrogen-bond acceptors (Lipinski definition) is 4. The summed E-state index contributed by atoms with van der Waals surface area (Å²) >= 11 is 0. The lowest BCUT2D eigenvalue weighted by Gasteiger charge is -2.43. The van der Waals surface area contributed by atoms with Crippen LogP contribution in [0.15, 0.2) is 5.11 Å². The van der Waals surface area contributed by atoms with Gasteiger partial charge >= 0.3 is 5.97 Å². The molecule has 0 atom stereocenters. The first-order chi connectivity index (χ1) is 9.85. The van der Waals surface area contributed by atoms with Crippen molar-refractivity contribution in [1.82, 2.24) is 5.32 Å². The molecule has 0 unspecified atom stereocenters. The van der Waals surface area contributed by atoms with Crippen molar-refractivity contribution in [2.24, 2.45) is 16.4 Å². The standard InChI is InChI=1S/C15H28N4O2/c1-5-21-13(20)15(17-10-11-18-19-16)8-6-12(7-9-15)14(2,3)4/h12,17H,5-11H2,1-4H3. The van der Waals surface area contributed by atoms with Crippen molar-refractivity contribution >= 4 is 5.97 Å². The Bertz CT molecular complexity index is 389. The van der Waals surface area contributed by atoms with Gasteiger partial charge in [-0.15, -0.1) is 0 Å². The molecule has 0 radical (unpaired) electrons. The van der Waals surface area contributed by atoms with Gasteiger partial charge in [0.25, 0.3) is 0 Å². The molecule has 6 heteroatoms. The maximum absolute atomic E-state index is 12.4. The minimum absolute atomic E-state index is 0.168. The number of azide groups is 1. The Morgan fingerprint density at radius 2 is 2.05 bits per heavy atom. The number of esters is 1. The summed E-state index contributed by atoms with van der Waals surface area (Å²) in [7, 11) is 0. The Balaban J connectivity index is 2.71. The van der Waals surface area contributed by atoms with Crippen molar-refractivity contribution in [3.8, 4) is 0 Å². The number of carbonyl (C=O) groups is 1. The summed E-state index contributed by atoms with van der Waals surface area (Å²) in [6.07, 6.45) is 3.59. The predicted molar refractivity (Wildman–Crippen MR) is 82.8 cm³/mol. The smallest absolute Gasteiger partial charge is 0.326 e. The predicted octanol–water partition coefficient (Wildman–Crippen LogP) is 3.42. The van der Waals surface area contributed by atoms with Crippen LogP contribution in [0.25, 0.3) is 10.4 Å². The zero-order valence-corrected chi connectivity index (χ0v) is 13.7. The lowest BCUT2D eigenvalue weighted by molar-refractivity contribution is -0.153. The van der Waals surface area contributed by atoms with E-state index < -0.39 is 5.54 Å². The Morgan fingerprint density at radius 1 is 1.43 bits per heavy atom. The molecule has 6 nitrogen and oxygen atoms in total. The van der Waals surface area contributed by atoms with E-state index in [1.165, 1.54) is 0 Å². The monoisotopic (exact) mass is 296 g/mol. The fraction of sp³-hybridized carbons (Fsp3) is 0.933. The summed E-state index contributed by atoms with van der Waals surface area (Å²) in [4.78, 5) is 15.1. The normalized spacial score (nSPS) is 26.0. The van der Waals surface area contributed by atoms with Crippen LogP contribution in [0, 0.1) is 11.3 Å². The number of nitrogens with one attached hydrogen (secondary N) is 1. The highest BCUT2D eigenvalue weighted by Gasteiger charge is 2.44. The molecule has 0 amide bonds. The molecule has 0 heterocycles. The Kier molecular flexibility index (Phi) is 6.49. The zero-order valence-electron chi connectivity index (χ0n) is 13.7. The van der Waals surface area contributed by atoms with Gasteiger partial charge in [-0.3, -0.25) is 4.79 Å². The van der Waals surface area contributed by atoms with Crippen molar-refractivity contribution in [2.75, 3.05) is 19.7 Å². The largest absolute Gasteiger partial charge is 0.465 e. The van der Waals surface area contributed by atoms with Crippen molar-refractivity contribution in [2.45, 2.75) is 58.9 Å². The van der Waals surface area contributed by atoms with E-state index in [0.717, 1.165) is 25.7 Å². The summed E-state index contributed by atoms with van der Waals surface area (Å²) in [5.41, 5.74) is 7.99. The minimum atomic E-state index is -0.608. The van der Waals surface area contributed by atoms with Gasteiger partial charge in [0.05, 0.1) is 6.61 Å². The van der Waals surface area contributed by atoms with E-state index in [4.69, 9.17) is 10.3 Å². The summed E-state index contributed by atoms with van der Waals surface area (Å²) in [6.45, 7) is 9.83. The highest BCUT2D eigenvalue weighted by atomic mass is 16.5. The molecule has 120 valence electrons. The number of ether oxygens (including phenoxy) is 1. The zero-order chi connectivity index (χ0) is 15.9. The number of nitrogens with zero attached hydrogens (tertiary/aromatic N) is 3. The third-order valence-corrected chi connectivity index (χ3v) is 4.47. The van der Waals surface area contributed by atoms with Gasteiger partial charge in [-0.2, -0.15) is 0 Å². The van der Waals surface area contributed by atoms with E-state index in [0.29, 0.717) is 25.6 Å². The van der Waals surface area contributed by atoms with Crippen LogP contribution >= 0.6 is 0 Å². The first-order valence-electron chi connectivity index (χ1n) is 7.79. The van der Waals surface area contributed by atoms with Crippen LogP contribution in [0.3, 0.4) is 0 Å². The summed E-state index contributed by atoms with van der Waals surface area (Å²) < 4.78 is 5.26. The Morgan fingerprint density at radius 3 is 2.52 bits per heavy atom. The van der Waals surface area contributed by atoms with Crippen molar-refractivity contribution in [3.05, 3.63) is 10.4 Å². The summed E-state index contributed by atoms with van der Waals surface area (Å²) in [5, 5.41) is 6.80. The highest BCUT2D eigenvalue weighted by Crippen LogP contribution is 2.41. The second-order valence-corrected chi connectivity index (χ2v) is 6.82. The van der Waals surface area contributed by atoms with Crippen LogP contribution in [-0.2, 0) is 9.53 Å². The van der Waals surface area contributed by atoms with E-state index in [9.17, 15) is 4.79 Å². The molecule has 0 bridgehead atoms. The average molecular weight is 296 g/mol. The average Bonchev–Trinajstić information content (AvgIpc) is 2.43. The second kappa shape index (κ2) is 7.66. The van der Waals surface area contributed by atoms with E-state index in [-0.39, 0.29) is 11.4 Å². The summed E-state index contributed by atoms with van der Waals surface area (Å²) in [6, 6.07) is 0. The fourth-order valence-corrected chi connectivity index (χ4v) is 3.09. The molecule has 0 aromatic carbocycles. The number of hydrogen-bond donors (Lipinski definition) is 1.